The molecule has 2 nitrogen and oxygen atoms in total. The maximum Gasteiger partial charge on any atom is 0.339 e. The Hall–Kier alpha value is -0.900. The van der Waals surface area contributed by atoms with Gasteiger partial charge in [-0.1, -0.05) is 6.07 Å². The highest BCUT2D eigenvalue weighted by molar-refractivity contribution is 9.10. The Labute approximate surface area is 83.8 Å². The van der Waals surface area contributed by atoms with E-state index in [0.29, 0.717) is 0 Å². The lowest BCUT2D eigenvalue weighted by molar-refractivity contribution is 0.0524. The molecule has 0 aliphatic rings. The zero-order chi connectivity index (χ0) is 9.84. The minimum absolute atomic E-state index is 0.147. The van der Waals surface area contributed by atoms with Gasteiger partial charge in [-0.05, 0) is 35.0 Å². The molecular weight excluding hydrogens is 239 g/mol. The van der Waals surface area contributed by atoms with Crippen molar-refractivity contribution in [1.82, 2.24) is 0 Å². The number of carbonyl (C=O) groups excluding carboxylic acids is 1. The molecule has 0 heterocycles. The molecule has 0 aromatic heterocycles. The monoisotopic (exact) mass is 246 g/mol. The van der Waals surface area contributed by atoms with Crippen LogP contribution in [0, 0.1) is 5.82 Å². The van der Waals surface area contributed by atoms with Gasteiger partial charge in [0.2, 0.25) is 0 Å². The molecule has 0 amide bonds. The van der Waals surface area contributed by atoms with Crippen LogP contribution >= 0.6 is 15.9 Å². The third-order valence-electron chi connectivity index (χ3n) is 1.45. The van der Waals surface area contributed by atoms with Crippen LogP contribution in [0.4, 0.5) is 4.39 Å². The average molecular weight is 247 g/mol. The third kappa shape index (κ3) is 2.28. The first-order valence-corrected chi connectivity index (χ1v) is 4.57. The fraction of sp³-hybridized carbons (Fsp3) is 0.222. The average Bonchev–Trinajstić information content (AvgIpc) is 2.10. The molecular formula is C9H8BrFO2. The van der Waals surface area contributed by atoms with Crippen LogP contribution in [0.3, 0.4) is 0 Å². The molecule has 0 saturated carbocycles. The maximum absolute atomic E-state index is 12.9. The van der Waals surface area contributed by atoms with Crippen molar-refractivity contribution < 1.29 is 13.9 Å². The quantitative estimate of drug-likeness (QED) is 0.751. The first-order valence-electron chi connectivity index (χ1n) is 3.78. The number of rotatable bonds is 2. The summed E-state index contributed by atoms with van der Waals surface area (Å²) in [5, 5.41) is 0. The summed E-state index contributed by atoms with van der Waals surface area (Å²) in [6.07, 6.45) is 0. The Morgan fingerprint density at radius 3 is 2.92 bits per heavy atom. The van der Waals surface area contributed by atoms with E-state index in [1.165, 1.54) is 18.2 Å². The van der Waals surface area contributed by atoms with Crippen molar-refractivity contribution in [2.45, 2.75) is 6.92 Å². The van der Waals surface area contributed by atoms with Crippen LogP contribution in [0.25, 0.3) is 0 Å². The second-order valence-electron chi connectivity index (χ2n) is 2.32. The smallest absolute Gasteiger partial charge is 0.339 e. The number of hydrogen-bond donors (Lipinski definition) is 0. The van der Waals surface area contributed by atoms with Gasteiger partial charge in [-0.15, -0.1) is 0 Å². The van der Waals surface area contributed by atoms with E-state index in [4.69, 9.17) is 4.74 Å². The number of ether oxygens (including phenoxy) is 1. The molecule has 0 aliphatic carbocycles. The van der Waals surface area contributed by atoms with Crippen LogP contribution in [-0.2, 0) is 4.74 Å². The number of hydrogen-bond acceptors (Lipinski definition) is 2. The first kappa shape index (κ1) is 10.2. The summed E-state index contributed by atoms with van der Waals surface area (Å²) < 4.78 is 17.8. The Bertz CT molecular complexity index is 325. The van der Waals surface area contributed by atoms with E-state index in [1.807, 2.05) is 0 Å². The lowest BCUT2D eigenvalue weighted by Crippen LogP contribution is -2.06. The van der Waals surface area contributed by atoms with Gasteiger partial charge in [0, 0.05) is 0 Å². The van der Waals surface area contributed by atoms with Gasteiger partial charge in [-0.25, -0.2) is 9.18 Å². The van der Waals surface area contributed by atoms with Crippen molar-refractivity contribution in [3.63, 3.8) is 0 Å². The van der Waals surface area contributed by atoms with Crippen molar-refractivity contribution in [3.8, 4) is 0 Å². The molecule has 0 unspecified atom stereocenters. The highest BCUT2D eigenvalue weighted by Crippen LogP contribution is 2.20. The van der Waals surface area contributed by atoms with Gasteiger partial charge in [0.15, 0.2) is 0 Å². The van der Waals surface area contributed by atoms with Crippen molar-refractivity contribution in [3.05, 3.63) is 34.1 Å². The van der Waals surface area contributed by atoms with E-state index in [0.717, 1.165) is 0 Å². The van der Waals surface area contributed by atoms with Crippen LogP contribution in [0.15, 0.2) is 22.7 Å². The van der Waals surface area contributed by atoms with Gasteiger partial charge in [0.1, 0.15) is 5.82 Å². The van der Waals surface area contributed by atoms with Crippen LogP contribution in [0.1, 0.15) is 17.3 Å². The van der Waals surface area contributed by atoms with Gasteiger partial charge >= 0.3 is 5.97 Å². The standard InChI is InChI=1S/C9H8BrFO2/c1-2-13-9(12)6-4-3-5-7(11)8(6)10/h3-5H,2H2,1H3. The molecule has 1 aromatic carbocycles. The summed E-state index contributed by atoms with van der Waals surface area (Å²) in [6, 6.07) is 4.24. The van der Waals surface area contributed by atoms with Gasteiger partial charge in [0.05, 0.1) is 16.6 Å². The summed E-state index contributed by atoms with van der Waals surface area (Å²) in [6.45, 7) is 1.98. The van der Waals surface area contributed by atoms with Crippen LogP contribution in [0.5, 0.6) is 0 Å². The molecule has 1 aromatic rings. The van der Waals surface area contributed by atoms with Crippen molar-refractivity contribution in [1.29, 1.82) is 0 Å². The topological polar surface area (TPSA) is 26.3 Å². The van der Waals surface area contributed by atoms with Crippen molar-refractivity contribution >= 4 is 21.9 Å². The molecule has 0 radical (unpaired) electrons. The molecule has 70 valence electrons. The first-order chi connectivity index (χ1) is 6.16. The van der Waals surface area contributed by atoms with E-state index in [2.05, 4.69) is 15.9 Å². The third-order valence-corrected chi connectivity index (χ3v) is 2.25. The van der Waals surface area contributed by atoms with Crippen LogP contribution in [0.2, 0.25) is 0 Å². The summed E-state index contributed by atoms with van der Waals surface area (Å²) in [5.74, 6) is -0.987. The minimum atomic E-state index is -0.520. The van der Waals surface area contributed by atoms with Crippen LogP contribution in [-0.4, -0.2) is 12.6 Å². The summed E-state index contributed by atoms with van der Waals surface area (Å²) in [5.41, 5.74) is 0.210. The normalized spacial score (nSPS) is 9.77. The number of benzene rings is 1. The van der Waals surface area contributed by atoms with Gasteiger partial charge in [-0.2, -0.15) is 0 Å². The molecule has 0 saturated heterocycles. The summed E-state index contributed by atoms with van der Waals surface area (Å²) in [4.78, 5) is 11.2. The fourth-order valence-electron chi connectivity index (χ4n) is 0.870. The Morgan fingerprint density at radius 1 is 1.62 bits per heavy atom. The maximum atomic E-state index is 12.9. The zero-order valence-electron chi connectivity index (χ0n) is 7.01. The van der Waals surface area contributed by atoms with E-state index in [1.54, 1.807) is 6.92 Å². The molecule has 0 fully saturated rings. The van der Waals surface area contributed by atoms with E-state index in [9.17, 15) is 9.18 Å². The molecule has 4 heteroatoms. The highest BCUT2D eigenvalue weighted by atomic mass is 79.9. The number of esters is 1. The number of halogens is 2. The van der Waals surface area contributed by atoms with Gasteiger partial charge in [0.25, 0.3) is 0 Å². The van der Waals surface area contributed by atoms with Crippen molar-refractivity contribution in [2.75, 3.05) is 6.61 Å². The molecule has 0 aliphatic heterocycles. The largest absolute Gasteiger partial charge is 0.462 e. The van der Waals surface area contributed by atoms with Crippen LogP contribution < -0.4 is 0 Å². The summed E-state index contributed by atoms with van der Waals surface area (Å²) in [7, 11) is 0. The van der Waals surface area contributed by atoms with E-state index >= 15 is 0 Å². The SMILES string of the molecule is CCOC(=O)c1cccc(F)c1Br. The zero-order valence-corrected chi connectivity index (χ0v) is 8.60. The Morgan fingerprint density at radius 2 is 2.31 bits per heavy atom. The lowest BCUT2D eigenvalue weighted by atomic mass is 10.2. The summed E-state index contributed by atoms with van der Waals surface area (Å²) >= 11 is 2.97. The molecule has 0 N–H and O–H groups in total. The highest BCUT2D eigenvalue weighted by Gasteiger charge is 2.13. The molecule has 0 atom stereocenters. The van der Waals surface area contributed by atoms with Gasteiger partial charge < -0.3 is 4.74 Å². The Balaban J connectivity index is 3.01. The van der Waals surface area contributed by atoms with E-state index < -0.39 is 11.8 Å². The fourth-order valence-corrected chi connectivity index (χ4v) is 1.30. The lowest BCUT2D eigenvalue weighted by Gasteiger charge is -2.03. The predicted molar refractivity (Wildman–Crippen MR) is 50.1 cm³/mol. The number of carbonyl (C=O) groups is 1. The molecule has 0 spiro atoms. The predicted octanol–water partition coefficient (Wildman–Crippen LogP) is 2.76. The minimum Gasteiger partial charge on any atom is -0.462 e. The van der Waals surface area contributed by atoms with E-state index in [-0.39, 0.29) is 16.6 Å². The molecule has 13 heavy (non-hydrogen) atoms. The molecule has 0 bridgehead atoms. The Kier molecular flexibility index (Phi) is 3.42. The molecule has 1 rings (SSSR count). The second-order valence-corrected chi connectivity index (χ2v) is 3.11. The van der Waals surface area contributed by atoms with Gasteiger partial charge in [-0.3, -0.25) is 0 Å². The second kappa shape index (κ2) is 4.37. The van der Waals surface area contributed by atoms with Crippen molar-refractivity contribution in [2.24, 2.45) is 0 Å².